The van der Waals surface area contributed by atoms with Crippen LogP contribution in [-0.2, 0) is 17.1 Å². The lowest BCUT2D eigenvalue weighted by Crippen LogP contribution is -2.48. The van der Waals surface area contributed by atoms with Crippen molar-refractivity contribution in [2.45, 2.75) is 24.4 Å². The van der Waals surface area contributed by atoms with Gasteiger partial charge in [0.25, 0.3) is 10.0 Å². The van der Waals surface area contributed by atoms with Crippen molar-refractivity contribution < 1.29 is 8.42 Å². The van der Waals surface area contributed by atoms with Gasteiger partial charge in [-0.05, 0) is 25.4 Å². The van der Waals surface area contributed by atoms with Crippen molar-refractivity contribution in [1.29, 1.82) is 0 Å². The number of aryl methyl sites for hydroxylation is 1. The second-order valence-corrected chi connectivity index (χ2v) is 6.05. The largest absolute Gasteiger partial charge is 0.316 e. The number of piperidine rings is 1. The van der Waals surface area contributed by atoms with Crippen molar-refractivity contribution in [2.75, 3.05) is 13.1 Å². The summed E-state index contributed by atoms with van der Waals surface area (Å²) < 4.78 is 28.2. The number of nitrogens with one attached hydrogen (secondary N) is 2. The summed E-state index contributed by atoms with van der Waals surface area (Å²) in [6, 6.07) is -0.0313. The number of rotatable bonds is 3. The van der Waals surface area contributed by atoms with Crippen LogP contribution in [-0.4, -0.2) is 42.5 Å². The third-order valence-corrected chi connectivity index (χ3v) is 4.57. The van der Waals surface area contributed by atoms with Crippen LogP contribution in [0.1, 0.15) is 13.3 Å². The van der Waals surface area contributed by atoms with Crippen molar-refractivity contribution >= 4 is 10.0 Å². The van der Waals surface area contributed by atoms with E-state index in [0.29, 0.717) is 0 Å². The van der Waals surface area contributed by atoms with Crippen molar-refractivity contribution in [1.82, 2.24) is 25.0 Å². The molecule has 2 N–H and O–H groups in total. The third-order valence-electron chi connectivity index (χ3n) is 3.04. The summed E-state index contributed by atoms with van der Waals surface area (Å²) in [4.78, 5) is 0. The number of sulfonamides is 1. The first-order valence-corrected chi connectivity index (χ1v) is 7.07. The van der Waals surface area contributed by atoms with E-state index in [1.165, 1.54) is 10.9 Å². The zero-order valence-corrected chi connectivity index (χ0v) is 10.7. The molecule has 0 saturated carbocycles. The molecule has 2 rings (SSSR count). The monoisotopic (exact) mass is 259 g/mol. The van der Waals surface area contributed by atoms with Crippen LogP contribution in [0.15, 0.2) is 11.2 Å². The van der Waals surface area contributed by atoms with Crippen LogP contribution in [0.3, 0.4) is 0 Å². The van der Waals surface area contributed by atoms with Crippen LogP contribution in [0.2, 0.25) is 0 Å². The molecule has 8 heteroatoms. The van der Waals surface area contributed by atoms with Crippen LogP contribution in [0.25, 0.3) is 0 Å². The molecule has 1 aliphatic rings. The Morgan fingerprint density at radius 2 is 2.35 bits per heavy atom. The second kappa shape index (κ2) is 4.71. The van der Waals surface area contributed by atoms with Crippen molar-refractivity contribution in [2.24, 2.45) is 13.0 Å². The van der Waals surface area contributed by atoms with Gasteiger partial charge in [0.2, 0.25) is 0 Å². The highest BCUT2D eigenvalue weighted by Crippen LogP contribution is 2.14. The molecule has 0 radical (unpaired) electrons. The van der Waals surface area contributed by atoms with Crippen molar-refractivity contribution in [3.8, 4) is 0 Å². The van der Waals surface area contributed by atoms with Gasteiger partial charge < -0.3 is 5.32 Å². The van der Waals surface area contributed by atoms with Crippen molar-refractivity contribution in [3.05, 3.63) is 6.20 Å². The number of nitrogens with zero attached hydrogens (tertiary/aromatic N) is 3. The lowest BCUT2D eigenvalue weighted by Gasteiger charge is -2.29. The maximum absolute atomic E-state index is 12.1. The molecule has 1 aliphatic heterocycles. The minimum absolute atomic E-state index is 0.0313. The van der Waals surface area contributed by atoms with Gasteiger partial charge in [-0.1, -0.05) is 12.1 Å². The molecule has 1 fully saturated rings. The molecular formula is C9H17N5O2S. The fourth-order valence-electron chi connectivity index (χ4n) is 1.97. The smallest absolute Gasteiger partial charge is 0.259 e. The third kappa shape index (κ3) is 2.64. The zero-order chi connectivity index (χ0) is 12.5. The fraction of sp³-hybridized carbons (Fsp3) is 0.778. The van der Waals surface area contributed by atoms with Crippen LogP contribution < -0.4 is 10.0 Å². The van der Waals surface area contributed by atoms with E-state index in [1.54, 1.807) is 7.05 Å². The van der Waals surface area contributed by atoms with E-state index >= 15 is 0 Å². The Morgan fingerprint density at radius 1 is 1.59 bits per heavy atom. The number of hydrogen-bond donors (Lipinski definition) is 2. The first-order chi connectivity index (χ1) is 8.00. The molecule has 2 heterocycles. The highest BCUT2D eigenvalue weighted by molar-refractivity contribution is 7.89. The van der Waals surface area contributed by atoms with E-state index in [1.807, 2.05) is 6.92 Å². The predicted octanol–water partition coefficient (Wildman–Crippen LogP) is -0.909. The maximum atomic E-state index is 12.1. The normalized spacial score (nSPS) is 26.0. The zero-order valence-electron chi connectivity index (χ0n) is 9.92. The second-order valence-electron chi connectivity index (χ2n) is 4.39. The lowest BCUT2D eigenvalue weighted by atomic mass is 9.97. The molecule has 1 aromatic rings. The van der Waals surface area contributed by atoms with Gasteiger partial charge in [-0.15, -0.1) is 5.10 Å². The molecule has 1 aromatic heterocycles. The van der Waals surface area contributed by atoms with E-state index < -0.39 is 10.0 Å². The highest BCUT2D eigenvalue weighted by atomic mass is 32.2. The molecule has 0 aromatic carbocycles. The Bertz CT molecular complexity index is 483. The molecule has 2 unspecified atom stereocenters. The summed E-state index contributed by atoms with van der Waals surface area (Å²) in [6.45, 7) is 3.69. The number of hydrogen-bond acceptors (Lipinski definition) is 5. The van der Waals surface area contributed by atoms with E-state index in [2.05, 4.69) is 20.4 Å². The van der Waals surface area contributed by atoms with E-state index in [-0.39, 0.29) is 17.0 Å². The topological polar surface area (TPSA) is 88.9 Å². The van der Waals surface area contributed by atoms with Crippen molar-refractivity contribution in [3.63, 3.8) is 0 Å². The van der Waals surface area contributed by atoms with Gasteiger partial charge in [-0.2, -0.15) is 0 Å². The molecule has 96 valence electrons. The molecule has 0 aliphatic carbocycles. The SMILES string of the molecule is CC1CNCCC1NS(=O)(=O)c1cnnn1C. The average Bonchev–Trinajstić information content (AvgIpc) is 2.68. The predicted molar refractivity (Wildman–Crippen MR) is 61.8 cm³/mol. The fourth-order valence-corrected chi connectivity index (χ4v) is 3.41. The van der Waals surface area contributed by atoms with Gasteiger partial charge in [0.1, 0.15) is 0 Å². The molecule has 2 atom stereocenters. The molecule has 7 nitrogen and oxygen atoms in total. The Kier molecular flexibility index (Phi) is 3.45. The van der Waals surface area contributed by atoms with E-state index in [0.717, 1.165) is 19.5 Å². The van der Waals surface area contributed by atoms with Crippen LogP contribution >= 0.6 is 0 Å². The summed E-state index contributed by atoms with van der Waals surface area (Å²) in [5.41, 5.74) is 0. The number of aromatic nitrogens is 3. The summed E-state index contributed by atoms with van der Waals surface area (Å²) >= 11 is 0. The maximum Gasteiger partial charge on any atom is 0.259 e. The van der Waals surface area contributed by atoms with E-state index in [4.69, 9.17) is 0 Å². The standard InChI is InChI=1S/C9H17N5O2S/c1-7-5-10-4-3-8(7)12-17(15,16)9-6-11-13-14(9)2/h6-8,10,12H,3-5H2,1-2H3. The Labute approximate surface area is 101 Å². The first kappa shape index (κ1) is 12.5. The quantitative estimate of drug-likeness (QED) is 0.733. The lowest BCUT2D eigenvalue weighted by molar-refractivity contribution is 0.327. The molecule has 0 bridgehead atoms. The average molecular weight is 259 g/mol. The Balaban J connectivity index is 2.15. The molecular weight excluding hydrogens is 242 g/mol. The van der Waals surface area contributed by atoms with Gasteiger partial charge in [0.05, 0.1) is 6.20 Å². The van der Waals surface area contributed by atoms with Gasteiger partial charge in [0.15, 0.2) is 5.03 Å². The minimum atomic E-state index is -3.52. The van der Waals surface area contributed by atoms with E-state index in [9.17, 15) is 8.42 Å². The minimum Gasteiger partial charge on any atom is -0.316 e. The van der Waals surface area contributed by atoms with Gasteiger partial charge >= 0.3 is 0 Å². The molecule has 0 amide bonds. The van der Waals surface area contributed by atoms with Gasteiger partial charge in [-0.25, -0.2) is 17.8 Å². The molecule has 0 spiro atoms. The first-order valence-electron chi connectivity index (χ1n) is 5.58. The Morgan fingerprint density at radius 3 is 2.94 bits per heavy atom. The molecule has 1 saturated heterocycles. The molecule has 17 heavy (non-hydrogen) atoms. The van der Waals surface area contributed by atoms with Crippen LogP contribution in [0, 0.1) is 5.92 Å². The summed E-state index contributed by atoms with van der Waals surface area (Å²) in [5.74, 6) is 0.278. The van der Waals surface area contributed by atoms with Gasteiger partial charge in [-0.3, -0.25) is 0 Å². The summed E-state index contributed by atoms with van der Waals surface area (Å²) in [7, 11) is -1.96. The van der Waals surface area contributed by atoms with Gasteiger partial charge in [0, 0.05) is 13.1 Å². The Hall–Kier alpha value is -0.990. The van der Waals surface area contributed by atoms with Crippen LogP contribution in [0.4, 0.5) is 0 Å². The van der Waals surface area contributed by atoms with Crippen LogP contribution in [0.5, 0.6) is 0 Å². The highest BCUT2D eigenvalue weighted by Gasteiger charge is 2.28. The summed E-state index contributed by atoms with van der Waals surface area (Å²) in [6.07, 6.45) is 2.06. The summed E-state index contributed by atoms with van der Waals surface area (Å²) in [5, 5.41) is 10.5.